The summed E-state index contributed by atoms with van der Waals surface area (Å²) in [5.41, 5.74) is 0. The Morgan fingerprint density at radius 3 is 2.68 bits per heavy atom. The highest BCUT2D eigenvalue weighted by Gasteiger charge is 2.24. The second-order valence-electron chi connectivity index (χ2n) is 6.78. The lowest BCUT2D eigenvalue weighted by molar-refractivity contribution is -0.135. The molecule has 0 atom stereocenters. The van der Waals surface area contributed by atoms with Crippen molar-refractivity contribution in [2.45, 2.75) is 44.8 Å². The number of hydrogen-bond donors (Lipinski definition) is 0. The minimum Gasteiger partial charge on any atom is -0.456 e. The third-order valence-electron chi connectivity index (χ3n) is 4.79. The lowest BCUT2D eigenvalue weighted by Gasteiger charge is -2.21. The third kappa shape index (κ3) is 4.00. The highest BCUT2D eigenvalue weighted by molar-refractivity contribution is 5.90. The molecule has 3 aromatic rings. The molecular formula is C20H20N4O4. The van der Waals surface area contributed by atoms with Crippen LogP contribution in [0.15, 0.2) is 42.5 Å². The Bertz CT molecular complexity index is 989. The topological polar surface area (TPSA) is 96.2 Å². The molecule has 0 radical (unpaired) electrons. The van der Waals surface area contributed by atoms with Crippen molar-refractivity contribution in [2.75, 3.05) is 0 Å². The van der Waals surface area contributed by atoms with E-state index in [1.54, 1.807) is 6.07 Å². The fourth-order valence-electron chi connectivity index (χ4n) is 3.41. The van der Waals surface area contributed by atoms with Gasteiger partial charge < -0.3 is 9.47 Å². The Morgan fingerprint density at radius 2 is 1.82 bits per heavy atom. The molecule has 0 N–H and O–H groups in total. The van der Waals surface area contributed by atoms with Crippen molar-refractivity contribution in [1.82, 2.24) is 20.2 Å². The number of carbonyl (C=O) groups excluding carboxylic acids is 2. The van der Waals surface area contributed by atoms with Crippen LogP contribution in [0.25, 0.3) is 10.8 Å². The number of esters is 2. The van der Waals surface area contributed by atoms with E-state index >= 15 is 0 Å². The van der Waals surface area contributed by atoms with Crippen molar-refractivity contribution in [3.05, 3.63) is 48.3 Å². The SMILES string of the molecule is O=C(Cn1nnnc1C(=O)OC1CCCCC1)Oc1cccc2ccccc12. The zero-order valence-corrected chi connectivity index (χ0v) is 15.3. The van der Waals surface area contributed by atoms with E-state index in [1.807, 2.05) is 36.4 Å². The summed E-state index contributed by atoms with van der Waals surface area (Å²) in [4.78, 5) is 24.8. The molecule has 144 valence electrons. The number of aromatic nitrogens is 4. The standard InChI is InChI=1S/C20H20N4O4/c25-18(28-17-12-6-8-14-7-4-5-11-16(14)17)13-24-19(21-22-23-24)20(26)27-15-9-2-1-3-10-15/h4-8,11-12,15H,1-3,9-10,13H2. The molecule has 1 fully saturated rings. The first-order valence-electron chi connectivity index (χ1n) is 9.36. The van der Waals surface area contributed by atoms with Crippen LogP contribution in [0, 0.1) is 0 Å². The fraction of sp³-hybridized carbons (Fsp3) is 0.350. The summed E-state index contributed by atoms with van der Waals surface area (Å²) in [6, 6.07) is 13.1. The van der Waals surface area contributed by atoms with Gasteiger partial charge in [-0.1, -0.05) is 42.8 Å². The van der Waals surface area contributed by atoms with Gasteiger partial charge in [-0.25, -0.2) is 14.3 Å². The second-order valence-corrected chi connectivity index (χ2v) is 6.78. The predicted octanol–water partition coefficient (Wildman–Crippen LogP) is 2.92. The van der Waals surface area contributed by atoms with Crippen LogP contribution in [0.4, 0.5) is 0 Å². The smallest absolute Gasteiger partial charge is 0.378 e. The Kier molecular flexibility index (Phi) is 5.27. The molecule has 1 saturated carbocycles. The molecule has 0 bridgehead atoms. The Morgan fingerprint density at radius 1 is 1.04 bits per heavy atom. The van der Waals surface area contributed by atoms with Gasteiger partial charge in [-0.05, 0) is 47.6 Å². The summed E-state index contributed by atoms with van der Waals surface area (Å²) in [5, 5.41) is 12.7. The highest BCUT2D eigenvalue weighted by Crippen LogP contribution is 2.25. The monoisotopic (exact) mass is 380 g/mol. The number of ether oxygens (including phenoxy) is 2. The van der Waals surface area contributed by atoms with Gasteiger partial charge in [-0.2, -0.15) is 0 Å². The van der Waals surface area contributed by atoms with E-state index in [2.05, 4.69) is 15.5 Å². The van der Waals surface area contributed by atoms with E-state index in [0.29, 0.717) is 5.75 Å². The second kappa shape index (κ2) is 8.16. The molecule has 28 heavy (non-hydrogen) atoms. The van der Waals surface area contributed by atoms with Crippen LogP contribution < -0.4 is 4.74 Å². The molecule has 1 aromatic heterocycles. The van der Waals surface area contributed by atoms with Crippen molar-refractivity contribution in [3.8, 4) is 5.75 Å². The molecule has 1 heterocycles. The molecule has 0 aliphatic heterocycles. The Labute approximate surface area is 161 Å². The van der Waals surface area contributed by atoms with Crippen LogP contribution in [-0.4, -0.2) is 38.2 Å². The maximum atomic E-state index is 12.4. The van der Waals surface area contributed by atoms with Crippen molar-refractivity contribution in [1.29, 1.82) is 0 Å². The molecule has 0 amide bonds. The van der Waals surface area contributed by atoms with Gasteiger partial charge in [0.15, 0.2) is 0 Å². The van der Waals surface area contributed by atoms with Gasteiger partial charge in [0.05, 0.1) is 0 Å². The molecular weight excluding hydrogens is 360 g/mol. The highest BCUT2D eigenvalue weighted by atomic mass is 16.5. The van der Waals surface area contributed by atoms with Gasteiger partial charge in [0.25, 0.3) is 5.82 Å². The number of nitrogens with zero attached hydrogens (tertiary/aromatic N) is 4. The van der Waals surface area contributed by atoms with Crippen LogP contribution in [0.3, 0.4) is 0 Å². The zero-order chi connectivity index (χ0) is 19.3. The van der Waals surface area contributed by atoms with Crippen LogP contribution in [0.5, 0.6) is 5.75 Å². The van der Waals surface area contributed by atoms with Crippen molar-refractivity contribution < 1.29 is 19.1 Å². The van der Waals surface area contributed by atoms with Crippen LogP contribution in [0.2, 0.25) is 0 Å². The van der Waals surface area contributed by atoms with E-state index < -0.39 is 11.9 Å². The number of benzene rings is 2. The van der Waals surface area contributed by atoms with E-state index in [-0.39, 0.29) is 18.5 Å². The van der Waals surface area contributed by atoms with E-state index in [0.717, 1.165) is 47.6 Å². The molecule has 8 heteroatoms. The third-order valence-corrected chi connectivity index (χ3v) is 4.79. The summed E-state index contributed by atoms with van der Waals surface area (Å²) in [7, 11) is 0. The molecule has 0 spiro atoms. The Hall–Kier alpha value is -3.29. The summed E-state index contributed by atoms with van der Waals surface area (Å²) < 4.78 is 12.1. The number of fused-ring (bicyclic) bond motifs is 1. The van der Waals surface area contributed by atoms with Gasteiger partial charge >= 0.3 is 11.9 Å². The largest absolute Gasteiger partial charge is 0.456 e. The maximum Gasteiger partial charge on any atom is 0.378 e. The van der Waals surface area contributed by atoms with Gasteiger partial charge in [0, 0.05) is 5.39 Å². The van der Waals surface area contributed by atoms with Crippen molar-refractivity contribution in [2.24, 2.45) is 0 Å². The maximum absolute atomic E-state index is 12.4. The number of hydrogen-bond acceptors (Lipinski definition) is 7. The molecule has 4 rings (SSSR count). The van der Waals surface area contributed by atoms with Crippen LogP contribution >= 0.6 is 0 Å². The first-order chi connectivity index (χ1) is 13.7. The van der Waals surface area contributed by atoms with Crippen molar-refractivity contribution in [3.63, 3.8) is 0 Å². The number of tetrazole rings is 1. The molecule has 8 nitrogen and oxygen atoms in total. The predicted molar refractivity (Wildman–Crippen MR) is 99.7 cm³/mol. The van der Waals surface area contributed by atoms with Crippen LogP contribution in [-0.2, 0) is 16.1 Å². The molecule has 1 aliphatic carbocycles. The quantitative estimate of drug-likeness (QED) is 0.496. The normalized spacial score (nSPS) is 14.7. The summed E-state index contributed by atoms with van der Waals surface area (Å²) in [6.45, 7) is -0.286. The van der Waals surface area contributed by atoms with E-state index in [9.17, 15) is 9.59 Å². The lowest BCUT2D eigenvalue weighted by atomic mass is 9.98. The molecule has 0 unspecified atom stereocenters. The van der Waals surface area contributed by atoms with Crippen LogP contribution in [0.1, 0.15) is 42.7 Å². The molecule has 1 aliphatic rings. The average Bonchev–Trinajstić information content (AvgIpc) is 3.17. The fourth-order valence-corrected chi connectivity index (χ4v) is 3.41. The van der Waals surface area contributed by atoms with Gasteiger partial charge in [-0.3, -0.25) is 0 Å². The summed E-state index contributed by atoms with van der Waals surface area (Å²) >= 11 is 0. The summed E-state index contributed by atoms with van der Waals surface area (Å²) in [6.07, 6.45) is 4.81. The minimum absolute atomic E-state index is 0.0968. The van der Waals surface area contributed by atoms with Gasteiger partial charge in [0.2, 0.25) is 0 Å². The first-order valence-corrected chi connectivity index (χ1v) is 9.36. The summed E-state index contributed by atoms with van der Waals surface area (Å²) in [5.74, 6) is -0.840. The number of carbonyl (C=O) groups is 2. The van der Waals surface area contributed by atoms with Crippen molar-refractivity contribution >= 4 is 22.7 Å². The minimum atomic E-state index is -0.616. The van der Waals surface area contributed by atoms with Gasteiger partial charge in [0.1, 0.15) is 18.4 Å². The van der Waals surface area contributed by atoms with Gasteiger partial charge in [-0.15, -0.1) is 5.10 Å². The molecule has 2 aromatic carbocycles. The average molecular weight is 380 g/mol. The Balaban J connectivity index is 1.44. The van der Waals surface area contributed by atoms with E-state index in [4.69, 9.17) is 9.47 Å². The molecule has 0 saturated heterocycles. The first kappa shape index (κ1) is 18.1. The lowest BCUT2D eigenvalue weighted by Crippen LogP contribution is -2.25. The zero-order valence-electron chi connectivity index (χ0n) is 15.3. The van der Waals surface area contributed by atoms with E-state index in [1.165, 1.54) is 0 Å². The number of rotatable bonds is 5.